The highest BCUT2D eigenvalue weighted by Crippen LogP contribution is 2.30. The standard InChI is InChI=1S/C16H20IN5O/c1-8(2)13-9(3)22(19-15(13)17)12-6-11-7-21(5)20-16(11)18-14(12)10(4)23/h6-8,10,23H,1-5H3. The Hall–Kier alpha value is -1.48. The van der Waals surface area contributed by atoms with Crippen LogP contribution in [0.2, 0.25) is 0 Å². The van der Waals surface area contributed by atoms with E-state index < -0.39 is 6.10 Å². The largest absolute Gasteiger partial charge is 0.387 e. The van der Waals surface area contributed by atoms with Crippen LogP contribution >= 0.6 is 22.6 Å². The van der Waals surface area contributed by atoms with Crippen molar-refractivity contribution in [1.82, 2.24) is 24.5 Å². The van der Waals surface area contributed by atoms with Crippen molar-refractivity contribution >= 4 is 33.6 Å². The van der Waals surface area contributed by atoms with Gasteiger partial charge in [0, 0.05) is 29.9 Å². The van der Waals surface area contributed by atoms with Gasteiger partial charge < -0.3 is 5.11 Å². The molecular formula is C16H20IN5O. The lowest BCUT2D eigenvalue weighted by molar-refractivity contribution is 0.194. The zero-order chi connectivity index (χ0) is 16.9. The summed E-state index contributed by atoms with van der Waals surface area (Å²) in [5, 5.41) is 20.1. The number of fused-ring (bicyclic) bond motifs is 1. The highest BCUT2D eigenvalue weighted by Gasteiger charge is 2.21. The van der Waals surface area contributed by atoms with Crippen molar-refractivity contribution in [3.05, 3.63) is 32.9 Å². The molecule has 6 nitrogen and oxygen atoms in total. The Morgan fingerprint density at radius 3 is 2.48 bits per heavy atom. The van der Waals surface area contributed by atoms with Crippen molar-refractivity contribution < 1.29 is 5.11 Å². The predicted octanol–water partition coefficient (Wildman–Crippen LogP) is 3.24. The number of nitrogens with zero attached hydrogens (tertiary/aromatic N) is 5. The van der Waals surface area contributed by atoms with Crippen LogP contribution in [-0.4, -0.2) is 29.7 Å². The monoisotopic (exact) mass is 425 g/mol. The molecule has 0 aliphatic carbocycles. The summed E-state index contributed by atoms with van der Waals surface area (Å²) in [7, 11) is 1.86. The maximum Gasteiger partial charge on any atom is 0.181 e. The van der Waals surface area contributed by atoms with E-state index in [-0.39, 0.29) is 0 Å². The first kappa shape index (κ1) is 16.4. The van der Waals surface area contributed by atoms with Gasteiger partial charge in [0.15, 0.2) is 5.65 Å². The Morgan fingerprint density at radius 1 is 1.22 bits per heavy atom. The minimum absolute atomic E-state index is 0.390. The third-order valence-corrected chi connectivity index (χ3v) is 4.73. The molecular weight excluding hydrogens is 405 g/mol. The SMILES string of the molecule is Cc1c(C(C)C)c(I)nn1-c1cc2cn(C)nc2nc1C(C)O. The molecule has 3 aromatic heterocycles. The van der Waals surface area contributed by atoms with Gasteiger partial charge in [-0.25, -0.2) is 9.67 Å². The van der Waals surface area contributed by atoms with Gasteiger partial charge in [-0.15, -0.1) is 0 Å². The highest BCUT2D eigenvalue weighted by atomic mass is 127. The summed E-state index contributed by atoms with van der Waals surface area (Å²) in [5.41, 5.74) is 4.34. The number of aliphatic hydroxyl groups excluding tert-OH is 1. The van der Waals surface area contributed by atoms with Gasteiger partial charge >= 0.3 is 0 Å². The van der Waals surface area contributed by atoms with Gasteiger partial charge in [0.1, 0.15) is 3.70 Å². The Labute approximate surface area is 148 Å². The minimum Gasteiger partial charge on any atom is -0.387 e. The summed E-state index contributed by atoms with van der Waals surface area (Å²) in [5.74, 6) is 0.390. The Kier molecular flexibility index (Phi) is 4.18. The van der Waals surface area contributed by atoms with Crippen LogP contribution in [0.15, 0.2) is 12.3 Å². The molecule has 3 aromatic rings. The maximum absolute atomic E-state index is 10.2. The summed E-state index contributed by atoms with van der Waals surface area (Å²) in [6.45, 7) is 8.10. The number of aliphatic hydroxyl groups is 1. The molecule has 3 heterocycles. The summed E-state index contributed by atoms with van der Waals surface area (Å²) in [6.07, 6.45) is 1.23. The second-order valence-corrected chi connectivity index (χ2v) is 7.16. The first-order valence-corrected chi connectivity index (χ1v) is 8.65. The van der Waals surface area contributed by atoms with E-state index in [0.29, 0.717) is 17.3 Å². The van der Waals surface area contributed by atoms with Crippen molar-refractivity contribution in [2.75, 3.05) is 0 Å². The van der Waals surface area contributed by atoms with Gasteiger partial charge in [0.05, 0.1) is 17.5 Å². The van der Waals surface area contributed by atoms with E-state index in [1.54, 1.807) is 11.6 Å². The van der Waals surface area contributed by atoms with E-state index in [0.717, 1.165) is 20.5 Å². The fourth-order valence-corrected chi connectivity index (χ4v) is 4.15. The van der Waals surface area contributed by atoms with Gasteiger partial charge in [-0.1, -0.05) is 13.8 Å². The van der Waals surface area contributed by atoms with Gasteiger partial charge in [-0.3, -0.25) is 4.68 Å². The highest BCUT2D eigenvalue weighted by molar-refractivity contribution is 14.1. The first-order valence-electron chi connectivity index (χ1n) is 7.57. The minimum atomic E-state index is -0.694. The predicted molar refractivity (Wildman–Crippen MR) is 97.8 cm³/mol. The molecule has 0 radical (unpaired) electrons. The molecule has 0 aliphatic heterocycles. The maximum atomic E-state index is 10.2. The van der Waals surface area contributed by atoms with E-state index in [1.807, 2.05) is 24.0 Å². The average molecular weight is 425 g/mol. The number of hydrogen-bond donors (Lipinski definition) is 1. The molecule has 1 atom stereocenters. The molecule has 23 heavy (non-hydrogen) atoms. The fraction of sp³-hybridized carbons (Fsp3) is 0.438. The molecule has 0 saturated carbocycles. The summed E-state index contributed by atoms with van der Waals surface area (Å²) < 4.78 is 4.60. The van der Waals surface area contributed by atoms with Gasteiger partial charge in [-0.05, 0) is 48.4 Å². The van der Waals surface area contributed by atoms with Crippen LogP contribution < -0.4 is 0 Å². The third kappa shape index (κ3) is 2.76. The third-order valence-electron chi connectivity index (χ3n) is 3.94. The number of pyridine rings is 1. The molecule has 0 aliphatic rings. The van der Waals surface area contributed by atoms with E-state index in [2.05, 4.69) is 58.5 Å². The van der Waals surface area contributed by atoms with Crippen LogP contribution in [0.4, 0.5) is 0 Å². The zero-order valence-electron chi connectivity index (χ0n) is 13.9. The Bertz CT molecular complexity index is 878. The molecule has 7 heteroatoms. The quantitative estimate of drug-likeness (QED) is 0.655. The number of aryl methyl sites for hydroxylation is 1. The summed E-state index contributed by atoms with van der Waals surface area (Å²) in [6, 6.07) is 2.00. The fourth-order valence-electron chi connectivity index (χ4n) is 2.92. The molecule has 0 aromatic carbocycles. The first-order chi connectivity index (χ1) is 10.8. The second kappa shape index (κ2) is 5.86. The lowest BCUT2D eigenvalue weighted by Crippen LogP contribution is -2.08. The molecule has 1 unspecified atom stereocenters. The number of hydrogen-bond acceptors (Lipinski definition) is 4. The van der Waals surface area contributed by atoms with E-state index in [9.17, 15) is 5.11 Å². The van der Waals surface area contributed by atoms with E-state index in [1.165, 1.54) is 5.56 Å². The number of halogens is 1. The van der Waals surface area contributed by atoms with Gasteiger partial charge in [-0.2, -0.15) is 10.2 Å². The lowest BCUT2D eigenvalue weighted by atomic mass is 10.0. The normalized spacial score (nSPS) is 13.2. The average Bonchev–Trinajstić information content (AvgIpc) is 2.95. The summed E-state index contributed by atoms with van der Waals surface area (Å²) in [4.78, 5) is 4.55. The Morgan fingerprint density at radius 2 is 1.91 bits per heavy atom. The van der Waals surface area contributed by atoms with Crippen molar-refractivity contribution in [2.24, 2.45) is 7.05 Å². The van der Waals surface area contributed by atoms with Gasteiger partial charge in [0.2, 0.25) is 0 Å². The number of aromatic nitrogens is 5. The number of rotatable bonds is 3. The van der Waals surface area contributed by atoms with Crippen LogP contribution in [0.3, 0.4) is 0 Å². The van der Waals surface area contributed by atoms with Crippen LogP contribution in [0, 0.1) is 10.6 Å². The lowest BCUT2D eigenvalue weighted by Gasteiger charge is -2.13. The molecule has 0 amide bonds. The molecule has 0 bridgehead atoms. The molecule has 1 N–H and O–H groups in total. The van der Waals surface area contributed by atoms with E-state index >= 15 is 0 Å². The Balaban J connectivity index is 2.30. The zero-order valence-corrected chi connectivity index (χ0v) is 16.0. The van der Waals surface area contributed by atoms with Crippen molar-refractivity contribution in [3.63, 3.8) is 0 Å². The molecule has 3 rings (SSSR count). The molecule has 0 fully saturated rings. The van der Waals surface area contributed by atoms with Crippen molar-refractivity contribution in [1.29, 1.82) is 0 Å². The van der Waals surface area contributed by atoms with Crippen LogP contribution in [-0.2, 0) is 7.05 Å². The van der Waals surface area contributed by atoms with Crippen LogP contribution in [0.25, 0.3) is 16.7 Å². The topological polar surface area (TPSA) is 68.8 Å². The molecule has 122 valence electrons. The molecule has 0 saturated heterocycles. The summed E-state index contributed by atoms with van der Waals surface area (Å²) >= 11 is 2.27. The smallest absolute Gasteiger partial charge is 0.181 e. The second-order valence-electron chi connectivity index (χ2n) is 6.14. The van der Waals surface area contributed by atoms with Crippen LogP contribution in [0.1, 0.15) is 49.7 Å². The van der Waals surface area contributed by atoms with Crippen molar-refractivity contribution in [3.8, 4) is 5.69 Å². The van der Waals surface area contributed by atoms with Crippen LogP contribution in [0.5, 0.6) is 0 Å². The van der Waals surface area contributed by atoms with Crippen molar-refractivity contribution in [2.45, 2.75) is 39.7 Å². The van der Waals surface area contributed by atoms with E-state index in [4.69, 9.17) is 0 Å². The molecule has 0 spiro atoms. The van der Waals surface area contributed by atoms with Gasteiger partial charge in [0.25, 0.3) is 0 Å².